The predicted molar refractivity (Wildman–Crippen MR) is 52.6 cm³/mol. The summed E-state index contributed by atoms with van der Waals surface area (Å²) in [7, 11) is 0. The van der Waals surface area contributed by atoms with Gasteiger partial charge in [-0.15, -0.1) is 0 Å². The molecular weight excluding hydrogens is 182 g/mol. The van der Waals surface area contributed by atoms with Crippen LogP contribution in [0.4, 0.5) is 5.69 Å². The van der Waals surface area contributed by atoms with Crippen LogP contribution in [0.2, 0.25) is 0 Å². The summed E-state index contributed by atoms with van der Waals surface area (Å²) in [5.74, 6) is -0.203. The molecule has 14 heavy (non-hydrogen) atoms. The van der Waals surface area contributed by atoms with E-state index in [0.29, 0.717) is 18.5 Å². The lowest BCUT2D eigenvalue weighted by atomic mass is 9.93. The maximum Gasteiger partial charge on any atom is 0.244 e. The molecule has 0 aliphatic rings. The lowest BCUT2D eigenvalue weighted by Gasteiger charge is -2.24. The zero-order valence-corrected chi connectivity index (χ0v) is 8.41. The van der Waals surface area contributed by atoms with Gasteiger partial charge in [-0.05, 0) is 12.8 Å². The highest BCUT2D eigenvalue weighted by Crippen LogP contribution is 2.14. The van der Waals surface area contributed by atoms with Gasteiger partial charge in [0.25, 0.3) is 0 Å². The quantitative estimate of drug-likeness (QED) is 0.758. The second-order valence-electron chi connectivity index (χ2n) is 3.23. The topological polar surface area (TPSA) is 81.2 Å². The molecule has 0 aromatic carbocycles. The molecule has 5 heteroatoms. The van der Waals surface area contributed by atoms with Gasteiger partial charge in [0.1, 0.15) is 12.0 Å². The number of aromatic nitrogens is 1. The van der Waals surface area contributed by atoms with Crippen LogP contribution >= 0.6 is 0 Å². The number of nitrogens with zero attached hydrogens (tertiary/aromatic N) is 1. The van der Waals surface area contributed by atoms with Gasteiger partial charge in [0.15, 0.2) is 0 Å². The van der Waals surface area contributed by atoms with Gasteiger partial charge in [0.2, 0.25) is 5.91 Å². The smallest absolute Gasteiger partial charge is 0.244 e. The van der Waals surface area contributed by atoms with Crippen molar-refractivity contribution in [2.45, 2.75) is 32.2 Å². The van der Waals surface area contributed by atoms with E-state index in [-0.39, 0.29) is 5.91 Å². The molecule has 0 radical (unpaired) electrons. The summed E-state index contributed by atoms with van der Waals surface area (Å²) in [6.07, 6.45) is 3.99. The lowest BCUT2D eigenvalue weighted by Crippen LogP contribution is -2.50. The summed E-state index contributed by atoms with van der Waals surface area (Å²) in [4.78, 5) is 11.7. The van der Waals surface area contributed by atoms with Crippen molar-refractivity contribution in [1.29, 1.82) is 0 Å². The van der Waals surface area contributed by atoms with Crippen molar-refractivity contribution in [3.05, 3.63) is 12.5 Å². The highest BCUT2D eigenvalue weighted by Gasteiger charge is 2.29. The Morgan fingerprint density at radius 3 is 2.71 bits per heavy atom. The number of anilines is 1. The van der Waals surface area contributed by atoms with Crippen LogP contribution < -0.4 is 11.1 Å². The third-order valence-electron chi connectivity index (χ3n) is 2.40. The number of nitrogens with one attached hydrogen (secondary N) is 1. The Morgan fingerprint density at radius 1 is 1.64 bits per heavy atom. The van der Waals surface area contributed by atoms with E-state index in [1.54, 1.807) is 0 Å². The average Bonchev–Trinajstić information content (AvgIpc) is 2.69. The fraction of sp³-hybridized carbons (Fsp3) is 0.556. The first-order valence-corrected chi connectivity index (χ1v) is 4.62. The molecule has 0 bridgehead atoms. The van der Waals surface area contributed by atoms with Crippen molar-refractivity contribution in [2.24, 2.45) is 5.73 Å². The standard InChI is InChI=1S/C9H15N3O2/c1-3-9(10,4-2)8(13)12-7-5-11-14-6-7/h5-6H,3-4,10H2,1-2H3,(H,12,13). The van der Waals surface area contributed by atoms with Crippen LogP contribution in [0.5, 0.6) is 0 Å². The molecule has 0 aliphatic carbocycles. The highest BCUT2D eigenvalue weighted by atomic mass is 16.5. The molecule has 0 atom stereocenters. The maximum absolute atomic E-state index is 11.7. The van der Waals surface area contributed by atoms with Crippen LogP contribution in [-0.4, -0.2) is 16.6 Å². The molecule has 0 unspecified atom stereocenters. The average molecular weight is 197 g/mol. The molecule has 1 heterocycles. The number of hydrogen-bond acceptors (Lipinski definition) is 4. The lowest BCUT2D eigenvalue weighted by molar-refractivity contribution is -0.121. The molecule has 1 aromatic rings. The summed E-state index contributed by atoms with van der Waals surface area (Å²) in [5, 5.41) is 6.12. The minimum absolute atomic E-state index is 0.203. The first-order valence-electron chi connectivity index (χ1n) is 4.62. The Bertz CT molecular complexity index is 291. The normalized spacial score (nSPS) is 11.4. The third kappa shape index (κ3) is 2.11. The number of rotatable bonds is 4. The van der Waals surface area contributed by atoms with Crippen LogP contribution in [-0.2, 0) is 4.79 Å². The van der Waals surface area contributed by atoms with E-state index in [0.717, 1.165) is 0 Å². The predicted octanol–water partition coefficient (Wildman–Crippen LogP) is 1.13. The van der Waals surface area contributed by atoms with Gasteiger partial charge in [-0.1, -0.05) is 19.0 Å². The Balaban J connectivity index is 2.66. The summed E-state index contributed by atoms with van der Waals surface area (Å²) in [6, 6.07) is 0. The first kappa shape index (κ1) is 10.7. The Kier molecular flexibility index (Phi) is 3.24. The van der Waals surface area contributed by atoms with E-state index < -0.39 is 5.54 Å². The molecule has 78 valence electrons. The second kappa shape index (κ2) is 4.23. The van der Waals surface area contributed by atoms with Crippen molar-refractivity contribution in [3.8, 4) is 0 Å². The molecule has 0 saturated carbocycles. The molecule has 0 saturated heterocycles. The van der Waals surface area contributed by atoms with Crippen molar-refractivity contribution in [3.63, 3.8) is 0 Å². The minimum atomic E-state index is -0.808. The number of carbonyl (C=O) groups is 1. The van der Waals surface area contributed by atoms with Gasteiger partial charge in [0, 0.05) is 0 Å². The van der Waals surface area contributed by atoms with E-state index in [4.69, 9.17) is 5.73 Å². The van der Waals surface area contributed by atoms with E-state index in [9.17, 15) is 4.79 Å². The minimum Gasteiger partial charge on any atom is -0.363 e. The van der Waals surface area contributed by atoms with E-state index in [1.165, 1.54) is 12.5 Å². The van der Waals surface area contributed by atoms with Crippen LogP contribution in [0.3, 0.4) is 0 Å². The largest absolute Gasteiger partial charge is 0.363 e. The van der Waals surface area contributed by atoms with E-state index in [2.05, 4.69) is 15.0 Å². The summed E-state index contributed by atoms with van der Waals surface area (Å²) in [6.45, 7) is 3.77. The molecule has 1 amide bonds. The number of amides is 1. The molecule has 0 spiro atoms. The van der Waals surface area contributed by atoms with Crippen molar-refractivity contribution < 1.29 is 9.32 Å². The van der Waals surface area contributed by atoms with Crippen molar-refractivity contribution in [2.75, 3.05) is 5.32 Å². The van der Waals surface area contributed by atoms with Crippen molar-refractivity contribution >= 4 is 11.6 Å². The van der Waals surface area contributed by atoms with Gasteiger partial charge >= 0.3 is 0 Å². The number of hydrogen-bond donors (Lipinski definition) is 2. The monoisotopic (exact) mass is 197 g/mol. The first-order chi connectivity index (χ1) is 6.62. The van der Waals surface area contributed by atoms with E-state index in [1.807, 2.05) is 13.8 Å². The fourth-order valence-corrected chi connectivity index (χ4v) is 1.09. The van der Waals surface area contributed by atoms with E-state index >= 15 is 0 Å². The Hall–Kier alpha value is -1.36. The van der Waals surface area contributed by atoms with Gasteiger partial charge in [0.05, 0.1) is 11.7 Å². The zero-order valence-electron chi connectivity index (χ0n) is 8.41. The summed E-state index contributed by atoms with van der Waals surface area (Å²) in [5.41, 5.74) is 5.62. The Labute approximate surface area is 82.6 Å². The van der Waals surface area contributed by atoms with Gasteiger partial charge in [-0.2, -0.15) is 0 Å². The summed E-state index contributed by atoms with van der Waals surface area (Å²) < 4.78 is 4.59. The molecule has 0 aliphatic heterocycles. The van der Waals surface area contributed by atoms with Crippen LogP contribution in [0.25, 0.3) is 0 Å². The summed E-state index contributed by atoms with van der Waals surface area (Å²) >= 11 is 0. The van der Waals surface area contributed by atoms with Gasteiger partial charge in [-0.3, -0.25) is 4.79 Å². The van der Waals surface area contributed by atoms with Crippen LogP contribution in [0.1, 0.15) is 26.7 Å². The zero-order chi connectivity index (χ0) is 10.6. The highest BCUT2D eigenvalue weighted by molar-refractivity contribution is 5.97. The molecule has 3 N–H and O–H groups in total. The number of nitrogens with two attached hydrogens (primary N) is 1. The second-order valence-corrected chi connectivity index (χ2v) is 3.23. The van der Waals surface area contributed by atoms with Crippen LogP contribution in [0.15, 0.2) is 17.0 Å². The molecule has 1 rings (SSSR count). The van der Waals surface area contributed by atoms with Crippen molar-refractivity contribution in [1.82, 2.24) is 5.16 Å². The molecular formula is C9H15N3O2. The molecule has 0 fully saturated rings. The van der Waals surface area contributed by atoms with Crippen LogP contribution in [0, 0.1) is 0 Å². The number of carbonyl (C=O) groups excluding carboxylic acids is 1. The maximum atomic E-state index is 11.7. The third-order valence-corrected chi connectivity index (χ3v) is 2.40. The SMILES string of the molecule is CCC(N)(CC)C(=O)Nc1cnoc1. The molecule has 1 aromatic heterocycles. The Morgan fingerprint density at radius 2 is 2.29 bits per heavy atom. The molecule has 5 nitrogen and oxygen atoms in total. The van der Waals surface area contributed by atoms with Gasteiger partial charge in [-0.25, -0.2) is 0 Å². The van der Waals surface area contributed by atoms with Gasteiger partial charge < -0.3 is 15.6 Å². The fourth-order valence-electron chi connectivity index (χ4n) is 1.09.